The average molecular weight is 682 g/mol. The van der Waals surface area contributed by atoms with E-state index in [1.165, 1.54) is 110 Å². The van der Waals surface area contributed by atoms with Gasteiger partial charge in [0, 0.05) is 22.1 Å². The van der Waals surface area contributed by atoms with E-state index in [9.17, 15) is 0 Å². The summed E-state index contributed by atoms with van der Waals surface area (Å²) in [6.07, 6.45) is 6.54. The molecule has 0 amide bonds. The summed E-state index contributed by atoms with van der Waals surface area (Å²) in [5.41, 5.74) is 14.0. The number of rotatable bonds is 6. The van der Waals surface area contributed by atoms with Gasteiger partial charge in [-0.2, -0.15) is 0 Å². The van der Waals surface area contributed by atoms with Crippen molar-refractivity contribution in [3.05, 3.63) is 198 Å². The molecule has 53 heavy (non-hydrogen) atoms. The molecule has 0 bridgehead atoms. The Hall–Kier alpha value is -5.92. The number of fused-ring (bicyclic) bond motifs is 5. The molecule has 1 fully saturated rings. The molecule has 1 saturated carbocycles. The Morgan fingerprint density at radius 2 is 1.09 bits per heavy atom. The number of hydrogen-bond donors (Lipinski definition) is 0. The van der Waals surface area contributed by atoms with Gasteiger partial charge in [0.05, 0.1) is 11.4 Å². The van der Waals surface area contributed by atoms with Gasteiger partial charge < -0.3 is 4.90 Å². The van der Waals surface area contributed by atoms with Crippen LogP contribution in [0.15, 0.2) is 176 Å². The molecule has 2 aliphatic carbocycles. The van der Waals surface area contributed by atoms with Gasteiger partial charge in [0.2, 0.25) is 0 Å². The van der Waals surface area contributed by atoms with Crippen LogP contribution in [0.5, 0.6) is 0 Å². The molecule has 0 aliphatic heterocycles. The van der Waals surface area contributed by atoms with Crippen LogP contribution in [-0.2, 0) is 5.41 Å². The molecule has 0 radical (unpaired) electrons. The summed E-state index contributed by atoms with van der Waals surface area (Å²) in [5.74, 6) is 0.601. The number of anilines is 3. The van der Waals surface area contributed by atoms with Crippen LogP contribution in [0.4, 0.5) is 17.1 Å². The Balaban J connectivity index is 1.24. The largest absolute Gasteiger partial charge is 0.309 e. The molecule has 0 saturated heterocycles. The molecule has 256 valence electrons. The average Bonchev–Trinajstić information content (AvgIpc) is 3.49. The van der Waals surface area contributed by atoms with Crippen molar-refractivity contribution in [1.82, 2.24) is 0 Å². The zero-order valence-corrected chi connectivity index (χ0v) is 30.3. The molecule has 0 N–H and O–H groups in total. The fraction of sp³-hybridized carbons (Fsp3) is 0.154. The molecular weight excluding hydrogens is 639 g/mol. The monoisotopic (exact) mass is 681 g/mol. The second-order valence-corrected chi connectivity index (χ2v) is 15.2. The van der Waals surface area contributed by atoms with Crippen molar-refractivity contribution in [1.29, 1.82) is 0 Å². The first-order valence-corrected chi connectivity index (χ1v) is 19.4. The summed E-state index contributed by atoms with van der Waals surface area (Å²) in [6.45, 7) is 2.41. The van der Waals surface area contributed by atoms with Gasteiger partial charge in [0.25, 0.3) is 0 Å². The van der Waals surface area contributed by atoms with Crippen LogP contribution >= 0.6 is 0 Å². The molecule has 0 aromatic heterocycles. The smallest absolute Gasteiger partial charge is 0.0540 e. The highest BCUT2D eigenvalue weighted by molar-refractivity contribution is 6.06. The Kier molecular flexibility index (Phi) is 7.76. The van der Waals surface area contributed by atoms with Crippen LogP contribution in [0.25, 0.3) is 43.8 Å². The van der Waals surface area contributed by atoms with Gasteiger partial charge in [-0.25, -0.2) is 0 Å². The molecule has 2 aliphatic rings. The van der Waals surface area contributed by atoms with E-state index in [4.69, 9.17) is 0 Å². The SMILES string of the molecule is CC1(c2ccccc2)c2ccccc2-c2ccc(N(c3ccccc3-c3cccc4cccc(C5CCCCC5)c34)c3cccc4ccccc34)cc21. The Morgan fingerprint density at radius 3 is 1.96 bits per heavy atom. The summed E-state index contributed by atoms with van der Waals surface area (Å²) in [5, 5.41) is 5.21. The summed E-state index contributed by atoms with van der Waals surface area (Å²) in [7, 11) is 0. The zero-order valence-electron chi connectivity index (χ0n) is 30.3. The molecule has 0 heterocycles. The van der Waals surface area contributed by atoms with Gasteiger partial charge in [-0.1, -0.05) is 171 Å². The Bertz CT molecular complexity index is 2620. The van der Waals surface area contributed by atoms with Crippen molar-refractivity contribution < 1.29 is 0 Å². The van der Waals surface area contributed by atoms with Crippen LogP contribution in [0, 0.1) is 0 Å². The van der Waals surface area contributed by atoms with Crippen LogP contribution in [0.2, 0.25) is 0 Å². The molecule has 10 rings (SSSR count). The first-order chi connectivity index (χ1) is 26.2. The first-order valence-electron chi connectivity index (χ1n) is 19.4. The van der Waals surface area contributed by atoms with Crippen molar-refractivity contribution in [3.63, 3.8) is 0 Å². The summed E-state index contributed by atoms with van der Waals surface area (Å²) >= 11 is 0. The lowest BCUT2D eigenvalue weighted by Gasteiger charge is -2.32. The minimum absolute atomic E-state index is 0.294. The fourth-order valence-corrected chi connectivity index (χ4v) is 9.76. The standard InChI is InChI=1S/C52H43N/c1-52(39-23-6-3-7-24-39)47-30-12-10-26-43(47)44-34-33-40(35-48(44)52)53(49-32-16-20-36-19-8-9-25-41(36)49)50-31-13-11-27-45(50)46-29-15-22-38-21-14-28-42(51(38)46)37-17-4-2-5-18-37/h3,6-16,19-35,37H,2,4-5,17-18H2,1H3. The molecule has 1 heteroatoms. The lowest BCUT2D eigenvalue weighted by atomic mass is 9.74. The molecule has 1 nitrogen and oxygen atoms in total. The maximum absolute atomic E-state index is 2.54. The van der Waals surface area contributed by atoms with E-state index < -0.39 is 0 Å². The van der Waals surface area contributed by atoms with Crippen molar-refractivity contribution >= 4 is 38.6 Å². The predicted molar refractivity (Wildman–Crippen MR) is 225 cm³/mol. The second kappa shape index (κ2) is 12.9. The highest BCUT2D eigenvalue weighted by Crippen LogP contribution is 2.55. The van der Waals surface area contributed by atoms with Gasteiger partial charge in [-0.05, 0) is 105 Å². The molecule has 1 unspecified atom stereocenters. The van der Waals surface area contributed by atoms with E-state index in [0.717, 1.165) is 5.69 Å². The lowest BCUT2D eigenvalue weighted by Crippen LogP contribution is -2.23. The number of para-hydroxylation sites is 1. The summed E-state index contributed by atoms with van der Waals surface area (Å²) < 4.78 is 0. The predicted octanol–water partition coefficient (Wildman–Crippen LogP) is 14.5. The van der Waals surface area contributed by atoms with Crippen molar-refractivity contribution in [2.45, 2.75) is 50.4 Å². The van der Waals surface area contributed by atoms with Crippen molar-refractivity contribution in [3.8, 4) is 22.3 Å². The number of hydrogen-bond acceptors (Lipinski definition) is 1. The van der Waals surface area contributed by atoms with E-state index in [1.54, 1.807) is 0 Å². The van der Waals surface area contributed by atoms with E-state index in [0.29, 0.717) is 5.92 Å². The summed E-state index contributed by atoms with van der Waals surface area (Å²) in [4.78, 5) is 2.54. The topological polar surface area (TPSA) is 3.24 Å². The fourth-order valence-electron chi connectivity index (χ4n) is 9.76. The third-order valence-corrected chi connectivity index (χ3v) is 12.3. The molecule has 8 aromatic carbocycles. The minimum atomic E-state index is -0.294. The Morgan fingerprint density at radius 1 is 0.472 bits per heavy atom. The number of benzene rings is 8. The second-order valence-electron chi connectivity index (χ2n) is 15.2. The maximum atomic E-state index is 2.54. The van der Waals surface area contributed by atoms with Gasteiger partial charge >= 0.3 is 0 Å². The Labute approximate surface area is 313 Å². The first kappa shape index (κ1) is 31.8. The zero-order chi connectivity index (χ0) is 35.4. The van der Waals surface area contributed by atoms with E-state index in [2.05, 4.69) is 188 Å². The molecule has 1 atom stereocenters. The van der Waals surface area contributed by atoms with Crippen molar-refractivity contribution in [2.24, 2.45) is 0 Å². The normalized spacial score (nSPS) is 16.8. The van der Waals surface area contributed by atoms with E-state index in [1.807, 2.05) is 0 Å². The molecule has 8 aromatic rings. The summed E-state index contributed by atoms with van der Waals surface area (Å²) in [6, 6.07) is 65.8. The third kappa shape index (κ3) is 5.13. The van der Waals surface area contributed by atoms with Gasteiger partial charge in [0.1, 0.15) is 0 Å². The van der Waals surface area contributed by atoms with Gasteiger partial charge in [0.15, 0.2) is 0 Å². The quantitative estimate of drug-likeness (QED) is 0.169. The van der Waals surface area contributed by atoms with Gasteiger partial charge in [-0.15, -0.1) is 0 Å². The third-order valence-electron chi connectivity index (χ3n) is 12.3. The highest BCUT2D eigenvalue weighted by atomic mass is 15.1. The van der Waals surface area contributed by atoms with Gasteiger partial charge in [-0.3, -0.25) is 0 Å². The van der Waals surface area contributed by atoms with Crippen molar-refractivity contribution in [2.75, 3.05) is 4.90 Å². The molecular formula is C52H43N. The van der Waals surface area contributed by atoms with Crippen LogP contribution < -0.4 is 4.90 Å². The highest BCUT2D eigenvalue weighted by Gasteiger charge is 2.41. The van der Waals surface area contributed by atoms with Crippen LogP contribution in [-0.4, -0.2) is 0 Å². The number of nitrogens with zero attached hydrogens (tertiary/aromatic N) is 1. The lowest BCUT2D eigenvalue weighted by molar-refractivity contribution is 0.445. The van der Waals surface area contributed by atoms with Crippen LogP contribution in [0.3, 0.4) is 0 Å². The minimum Gasteiger partial charge on any atom is -0.309 e. The van der Waals surface area contributed by atoms with E-state index >= 15 is 0 Å². The van der Waals surface area contributed by atoms with Crippen LogP contribution in [0.1, 0.15) is 67.2 Å². The molecule has 0 spiro atoms. The van der Waals surface area contributed by atoms with E-state index in [-0.39, 0.29) is 5.41 Å². The maximum Gasteiger partial charge on any atom is 0.0540 e.